The number of nitrogens with one attached hydrogen (secondary N) is 1. The van der Waals surface area contributed by atoms with Crippen molar-refractivity contribution in [1.29, 1.82) is 0 Å². The molecule has 1 heterocycles. The largest absolute Gasteiger partial charge is 0.494 e. The number of nitrogens with two attached hydrogens (primary N) is 1. The third-order valence-corrected chi connectivity index (χ3v) is 2.52. The predicted molar refractivity (Wildman–Crippen MR) is 74.0 cm³/mol. The van der Waals surface area contributed by atoms with Crippen molar-refractivity contribution in [2.75, 3.05) is 18.9 Å². The van der Waals surface area contributed by atoms with Crippen molar-refractivity contribution in [3.63, 3.8) is 0 Å². The number of ether oxygens (including phenoxy) is 1. The highest BCUT2D eigenvalue weighted by atomic mass is 16.5. The van der Waals surface area contributed by atoms with Crippen LogP contribution in [0.25, 0.3) is 0 Å². The van der Waals surface area contributed by atoms with Crippen molar-refractivity contribution < 1.29 is 9.53 Å². The predicted octanol–water partition coefficient (Wildman–Crippen LogP) is 0.446. The second-order valence-corrected chi connectivity index (χ2v) is 4.17. The van der Waals surface area contributed by atoms with E-state index in [4.69, 9.17) is 10.5 Å². The Morgan fingerprint density at radius 2 is 2.15 bits per heavy atom. The lowest BCUT2D eigenvalue weighted by atomic mass is 10.3. The van der Waals surface area contributed by atoms with Crippen LogP contribution < -0.4 is 15.8 Å². The van der Waals surface area contributed by atoms with E-state index < -0.39 is 0 Å². The average Bonchev–Trinajstić information content (AvgIpc) is 2.85. The minimum absolute atomic E-state index is 0.115. The van der Waals surface area contributed by atoms with Crippen LogP contribution in [0.3, 0.4) is 0 Å². The number of rotatable bonds is 7. The summed E-state index contributed by atoms with van der Waals surface area (Å²) in [6.45, 7) is 1.22. The van der Waals surface area contributed by atoms with Gasteiger partial charge < -0.3 is 15.8 Å². The first-order valence-electron chi connectivity index (χ1n) is 6.33. The number of aromatic nitrogens is 3. The summed E-state index contributed by atoms with van der Waals surface area (Å²) in [6.07, 6.45) is 2.16. The molecule has 0 saturated heterocycles. The molecule has 20 heavy (non-hydrogen) atoms. The Kier molecular flexibility index (Phi) is 4.94. The summed E-state index contributed by atoms with van der Waals surface area (Å²) in [4.78, 5) is 15.3. The fourth-order valence-corrected chi connectivity index (χ4v) is 1.59. The molecule has 0 saturated carbocycles. The number of amides is 1. The summed E-state index contributed by atoms with van der Waals surface area (Å²) in [5, 5.41) is 6.61. The molecule has 0 fully saturated rings. The van der Waals surface area contributed by atoms with Gasteiger partial charge in [-0.1, -0.05) is 18.2 Å². The van der Waals surface area contributed by atoms with Gasteiger partial charge in [0.25, 0.3) is 0 Å². The van der Waals surface area contributed by atoms with Gasteiger partial charge in [-0.25, -0.2) is 9.67 Å². The summed E-state index contributed by atoms with van der Waals surface area (Å²) in [6, 6.07) is 9.56. The normalized spacial score (nSPS) is 10.2. The lowest BCUT2D eigenvalue weighted by Gasteiger charge is -2.07. The first-order chi connectivity index (χ1) is 9.74. The zero-order chi connectivity index (χ0) is 14.2. The fourth-order valence-electron chi connectivity index (χ4n) is 1.59. The van der Waals surface area contributed by atoms with Crippen LogP contribution in [0.1, 0.15) is 6.42 Å². The van der Waals surface area contributed by atoms with Gasteiger partial charge in [-0.2, -0.15) is 0 Å². The van der Waals surface area contributed by atoms with E-state index in [9.17, 15) is 4.79 Å². The highest BCUT2D eigenvalue weighted by Crippen LogP contribution is 2.07. The maximum Gasteiger partial charge on any atom is 0.241 e. The topological polar surface area (TPSA) is 95.1 Å². The van der Waals surface area contributed by atoms with E-state index in [0.29, 0.717) is 13.2 Å². The van der Waals surface area contributed by atoms with E-state index in [1.54, 1.807) is 0 Å². The molecule has 0 bridgehead atoms. The van der Waals surface area contributed by atoms with Crippen LogP contribution in [0, 0.1) is 0 Å². The molecule has 0 atom stereocenters. The molecule has 7 heteroatoms. The van der Waals surface area contributed by atoms with E-state index in [1.165, 1.54) is 11.0 Å². The first kappa shape index (κ1) is 13.9. The van der Waals surface area contributed by atoms with Crippen molar-refractivity contribution in [3.05, 3.63) is 36.7 Å². The fraction of sp³-hybridized carbons (Fsp3) is 0.308. The number of hydrogen-bond acceptors (Lipinski definition) is 5. The number of benzene rings is 1. The van der Waals surface area contributed by atoms with Gasteiger partial charge in [-0.15, -0.1) is 5.10 Å². The second-order valence-electron chi connectivity index (χ2n) is 4.17. The number of nitrogens with zero attached hydrogens (tertiary/aromatic N) is 3. The highest BCUT2D eigenvalue weighted by Gasteiger charge is 2.03. The molecule has 1 aromatic heterocycles. The van der Waals surface area contributed by atoms with E-state index >= 15 is 0 Å². The number of carbonyl (C=O) groups excluding carboxylic acids is 1. The molecule has 0 spiro atoms. The van der Waals surface area contributed by atoms with E-state index in [1.807, 2.05) is 30.3 Å². The molecule has 2 rings (SSSR count). The van der Waals surface area contributed by atoms with Crippen molar-refractivity contribution in [2.24, 2.45) is 0 Å². The van der Waals surface area contributed by atoms with Gasteiger partial charge in [-0.3, -0.25) is 4.79 Å². The molecule has 0 aliphatic carbocycles. The number of para-hydroxylation sites is 1. The number of carbonyl (C=O) groups is 1. The summed E-state index contributed by atoms with van der Waals surface area (Å²) in [5.74, 6) is 0.862. The maximum atomic E-state index is 11.6. The molecule has 0 unspecified atom stereocenters. The Morgan fingerprint density at radius 1 is 1.35 bits per heavy atom. The van der Waals surface area contributed by atoms with Gasteiger partial charge in [0.2, 0.25) is 11.9 Å². The van der Waals surface area contributed by atoms with E-state index in [2.05, 4.69) is 15.4 Å². The maximum absolute atomic E-state index is 11.6. The zero-order valence-corrected chi connectivity index (χ0v) is 11.0. The van der Waals surface area contributed by atoms with Gasteiger partial charge in [-0.05, 0) is 18.6 Å². The lowest BCUT2D eigenvalue weighted by molar-refractivity contribution is -0.121. The molecule has 1 amide bonds. The molecular formula is C13H17N5O2. The standard InChI is InChI=1S/C13H17N5O2/c14-13-16-10-18(17-13)9-12(19)15-7-4-8-20-11-5-2-1-3-6-11/h1-3,5-6,10H,4,7-9H2,(H2,14,17)(H,15,19). The van der Waals surface area contributed by atoms with Crippen LogP contribution >= 0.6 is 0 Å². The van der Waals surface area contributed by atoms with E-state index in [0.717, 1.165) is 12.2 Å². The smallest absolute Gasteiger partial charge is 0.241 e. The molecule has 2 aromatic rings. The van der Waals surface area contributed by atoms with Crippen LogP contribution in [-0.4, -0.2) is 33.8 Å². The molecule has 0 aliphatic rings. The van der Waals surface area contributed by atoms with Crippen LogP contribution in [-0.2, 0) is 11.3 Å². The minimum Gasteiger partial charge on any atom is -0.494 e. The third kappa shape index (κ3) is 4.60. The molecule has 0 radical (unpaired) electrons. The summed E-state index contributed by atoms with van der Waals surface area (Å²) < 4.78 is 6.91. The van der Waals surface area contributed by atoms with Crippen molar-refractivity contribution in [2.45, 2.75) is 13.0 Å². The quantitative estimate of drug-likeness (QED) is 0.715. The number of anilines is 1. The Hall–Kier alpha value is -2.57. The molecule has 3 N–H and O–H groups in total. The lowest BCUT2D eigenvalue weighted by Crippen LogP contribution is -2.29. The molecule has 1 aromatic carbocycles. The molecule has 0 aliphatic heterocycles. The number of hydrogen-bond donors (Lipinski definition) is 2. The molecular weight excluding hydrogens is 258 g/mol. The van der Waals surface area contributed by atoms with Crippen LogP contribution in [0.15, 0.2) is 36.7 Å². The van der Waals surface area contributed by atoms with Crippen molar-refractivity contribution in [1.82, 2.24) is 20.1 Å². The summed E-state index contributed by atoms with van der Waals surface area (Å²) in [5.41, 5.74) is 5.36. The Balaban J connectivity index is 1.58. The Bertz CT molecular complexity index is 541. The van der Waals surface area contributed by atoms with Crippen LogP contribution in [0.5, 0.6) is 5.75 Å². The van der Waals surface area contributed by atoms with Gasteiger partial charge >= 0.3 is 0 Å². The second kappa shape index (κ2) is 7.13. The van der Waals surface area contributed by atoms with Gasteiger partial charge in [0, 0.05) is 6.54 Å². The Morgan fingerprint density at radius 3 is 2.85 bits per heavy atom. The number of nitrogen functional groups attached to an aromatic ring is 1. The van der Waals surface area contributed by atoms with Crippen molar-refractivity contribution >= 4 is 11.9 Å². The SMILES string of the molecule is Nc1ncn(CC(=O)NCCCOc2ccccc2)n1. The minimum atomic E-state index is -0.130. The van der Waals surface area contributed by atoms with Gasteiger partial charge in [0.1, 0.15) is 18.6 Å². The van der Waals surface area contributed by atoms with Crippen LogP contribution in [0.2, 0.25) is 0 Å². The van der Waals surface area contributed by atoms with Crippen LogP contribution in [0.4, 0.5) is 5.95 Å². The van der Waals surface area contributed by atoms with Gasteiger partial charge in [0.05, 0.1) is 6.61 Å². The monoisotopic (exact) mass is 275 g/mol. The van der Waals surface area contributed by atoms with E-state index in [-0.39, 0.29) is 18.4 Å². The molecule has 7 nitrogen and oxygen atoms in total. The summed E-state index contributed by atoms with van der Waals surface area (Å²) in [7, 11) is 0. The summed E-state index contributed by atoms with van der Waals surface area (Å²) >= 11 is 0. The third-order valence-electron chi connectivity index (χ3n) is 2.52. The zero-order valence-electron chi connectivity index (χ0n) is 11.0. The average molecular weight is 275 g/mol. The highest BCUT2D eigenvalue weighted by molar-refractivity contribution is 5.75. The first-order valence-corrected chi connectivity index (χ1v) is 6.33. The van der Waals surface area contributed by atoms with Gasteiger partial charge in [0.15, 0.2) is 0 Å². The van der Waals surface area contributed by atoms with Crippen molar-refractivity contribution in [3.8, 4) is 5.75 Å². The Labute approximate surface area is 116 Å². The molecule has 106 valence electrons.